The van der Waals surface area contributed by atoms with Crippen molar-refractivity contribution in [1.82, 2.24) is 0 Å². The van der Waals surface area contributed by atoms with Crippen molar-refractivity contribution in [2.45, 2.75) is 24.8 Å². The topological polar surface area (TPSA) is 69.4 Å². The van der Waals surface area contributed by atoms with Gasteiger partial charge in [0, 0.05) is 16.9 Å². The standard InChI is InChI=1S/C12H19NO3S2/c1-9(2)16-12-8-10(4-5-11(12)13)17-6-7-18(3,14)15/h4-5,8-9H,6-7,13H2,1-3H3. The molecule has 0 saturated heterocycles. The Labute approximate surface area is 113 Å². The zero-order chi connectivity index (χ0) is 13.8. The van der Waals surface area contributed by atoms with E-state index in [4.69, 9.17) is 10.5 Å². The zero-order valence-corrected chi connectivity index (χ0v) is 12.5. The maximum absolute atomic E-state index is 11.0. The Morgan fingerprint density at radius 1 is 1.39 bits per heavy atom. The van der Waals surface area contributed by atoms with E-state index in [1.165, 1.54) is 18.0 Å². The monoisotopic (exact) mass is 289 g/mol. The van der Waals surface area contributed by atoms with E-state index < -0.39 is 9.84 Å². The molecular formula is C12H19NO3S2. The Bertz CT molecular complexity index is 498. The van der Waals surface area contributed by atoms with Crippen LogP contribution in [0.3, 0.4) is 0 Å². The second kappa shape index (κ2) is 6.33. The van der Waals surface area contributed by atoms with Crippen molar-refractivity contribution in [3.05, 3.63) is 18.2 Å². The number of nitrogens with two attached hydrogens (primary N) is 1. The molecule has 0 unspecified atom stereocenters. The number of hydrogen-bond acceptors (Lipinski definition) is 5. The molecule has 102 valence electrons. The first-order valence-corrected chi connectivity index (χ1v) is 8.69. The molecular weight excluding hydrogens is 270 g/mol. The predicted molar refractivity (Wildman–Crippen MR) is 77.1 cm³/mol. The maximum Gasteiger partial charge on any atom is 0.148 e. The van der Waals surface area contributed by atoms with Gasteiger partial charge in [0.25, 0.3) is 0 Å². The largest absolute Gasteiger partial charge is 0.489 e. The van der Waals surface area contributed by atoms with E-state index in [1.807, 2.05) is 26.0 Å². The third-order valence-corrected chi connectivity index (χ3v) is 4.27. The molecule has 0 bridgehead atoms. The molecule has 6 heteroatoms. The van der Waals surface area contributed by atoms with Crippen molar-refractivity contribution in [1.29, 1.82) is 0 Å². The summed E-state index contributed by atoms with van der Waals surface area (Å²) < 4.78 is 27.6. The van der Waals surface area contributed by atoms with Gasteiger partial charge in [-0.3, -0.25) is 0 Å². The van der Waals surface area contributed by atoms with Crippen LogP contribution in [0, 0.1) is 0 Å². The molecule has 1 aromatic rings. The molecule has 0 saturated carbocycles. The summed E-state index contributed by atoms with van der Waals surface area (Å²) in [5, 5.41) is 0. The predicted octanol–water partition coefficient (Wildman–Crippen LogP) is 2.19. The molecule has 0 fully saturated rings. The summed E-state index contributed by atoms with van der Waals surface area (Å²) in [6.07, 6.45) is 1.30. The first-order valence-electron chi connectivity index (χ1n) is 5.64. The van der Waals surface area contributed by atoms with Crippen molar-refractivity contribution in [2.75, 3.05) is 23.5 Å². The van der Waals surface area contributed by atoms with Gasteiger partial charge >= 0.3 is 0 Å². The molecule has 1 aromatic carbocycles. The van der Waals surface area contributed by atoms with Crippen LogP contribution in [0.15, 0.2) is 23.1 Å². The van der Waals surface area contributed by atoms with Crippen molar-refractivity contribution in [3.8, 4) is 5.75 Å². The summed E-state index contributed by atoms with van der Waals surface area (Å²) in [6.45, 7) is 3.87. The first kappa shape index (κ1) is 15.2. The van der Waals surface area contributed by atoms with Gasteiger partial charge in [-0.15, -0.1) is 11.8 Å². The van der Waals surface area contributed by atoms with Gasteiger partial charge in [-0.25, -0.2) is 8.42 Å². The van der Waals surface area contributed by atoms with Crippen LogP contribution >= 0.6 is 11.8 Å². The second-order valence-corrected chi connectivity index (χ2v) is 7.77. The Morgan fingerprint density at radius 2 is 2.06 bits per heavy atom. The maximum atomic E-state index is 11.0. The normalized spacial score (nSPS) is 11.8. The van der Waals surface area contributed by atoms with Gasteiger partial charge in [0.1, 0.15) is 15.6 Å². The highest BCUT2D eigenvalue weighted by molar-refractivity contribution is 8.00. The highest BCUT2D eigenvalue weighted by Gasteiger charge is 2.07. The third-order valence-electron chi connectivity index (χ3n) is 2.07. The molecule has 0 heterocycles. The van der Waals surface area contributed by atoms with Crippen LogP contribution in [0.25, 0.3) is 0 Å². The van der Waals surface area contributed by atoms with Gasteiger partial charge in [-0.2, -0.15) is 0 Å². The summed E-state index contributed by atoms with van der Waals surface area (Å²) in [6, 6.07) is 5.50. The van der Waals surface area contributed by atoms with Crippen LogP contribution in [0.1, 0.15) is 13.8 Å². The van der Waals surface area contributed by atoms with E-state index in [-0.39, 0.29) is 11.9 Å². The number of hydrogen-bond donors (Lipinski definition) is 1. The lowest BCUT2D eigenvalue weighted by Gasteiger charge is -2.13. The molecule has 0 atom stereocenters. The quantitative estimate of drug-likeness (QED) is 0.642. The van der Waals surface area contributed by atoms with E-state index in [1.54, 1.807) is 6.07 Å². The SMILES string of the molecule is CC(C)Oc1cc(SCCS(C)(=O)=O)ccc1N. The second-order valence-electron chi connectivity index (χ2n) is 4.34. The summed E-state index contributed by atoms with van der Waals surface area (Å²) in [4.78, 5) is 0.962. The van der Waals surface area contributed by atoms with Crippen LogP contribution in [-0.2, 0) is 9.84 Å². The average Bonchev–Trinajstić information content (AvgIpc) is 2.20. The fraction of sp³-hybridized carbons (Fsp3) is 0.500. The molecule has 0 aliphatic heterocycles. The van der Waals surface area contributed by atoms with Crippen molar-refractivity contribution in [3.63, 3.8) is 0 Å². The van der Waals surface area contributed by atoms with Gasteiger partial charge in [0.05, 0.1) is 17.5 Å². The Hall–Kier alpha value is -0.880. The van der Waals surface area contributed by atoms with Gasteiger partial charge in [-0.1, -0.05) is 0 Å². The average molecular weight is 289 g/mol. The molecule has 0 spiro atoms. The van der Waals surface area contributed by atoms with E-state index >= 15 is 0 Å². The van der Waals surface area contributed by atoms with Crippen molar-refractivity contribution >= 4 is 27.3 Å². The van der Waals surface area contributed by atoms with Gasteiger partial charge in [0.2, 0.25) is 0 Å². The number of sulfone groups is 1. The van der Waals surface area contributed by atoms with E-state index in [0.29, 0.717) is 17.2 Å². The number of rotatable bonds is 6. The highest BCUT2D eigenvalue weighted by Crippen LogP contribution is 2.29. The Morgan fingerprint density at radius 3 is 2.61 bits per heavy atom. The number of thioether (sulfide) groups is 1. The molecule has 0 aliphatic carbocycles. The zero-order valence-electron chi connectivity index (χ0n) is 10.8. The van der Waals surface area contributed by atoms with Gasteiger partial charge in [0.15, 0.2) is 0 Å². The van der Waals surface area contributed by atoms with Crippen LogP contribution < -0.4 is 10.5 Å². The van der Waals surface area contributed by atoms with E-state index in [2.05, 4.69) is 0 Å². The highest BCUT2D eigenvalue weighted by atomic mass is 32.2. The fourth-order valence-corrected chi connectivity index (χ4v) is 3.41. The lowest BCUT2D eigenvalue weighted by Crippen LogP contribution is -2.07. The van der Waals surface area contributed by atoms with Crippen LogP contribution in [0.2, 0.25) is 0 Å². The Kier molecular flexibility index (Phi) is 5.34. The lowest BCUT2D eigenvalue weighted by molar-refractivity contribution is 0.243. The summed E-state index contributed by atoms with van der Waals surface area (Å²) in [7, 11) is -2.91. The molecule has 0 amide bonds. The van der Waals surface area contributed by atoms with Gasteiger partial charge in [-0.05, 0) is 32.0 Å². The lowest BCUT2D eigenvalue weighted by atomic mass is 10.3. The molecule has 0 aliphatic rings. The summed E-state index contributed by atoms with van der Waals surface area (Å²) >= 11 is 1.48. The molecule has 4 nitrogen and oxygen atoms in total. The number of anilines is 1. The fourth-order valence-electron chi connectivity index (χ4n) is 1.27. The number of nitrogen functional groups attached to an aromatic ring is 1. The minimum absolute atomic E-state index is 0.0589. The molecule has 0 aromatic heterocycles. The molecule has 1 rings (SSSR count). The summed E-state index contributed by atoms with van der Waals surface area (Å²) in [5.41, 5.74) is 6.40. The minimum atomic E-state index is -2.91. The minimum Gasteiger partial charge on any atom is -0.489 e. The third kappa shape index (κ3) is 5.64. The molecule has 2 N–H and O–H groups in total. The van der Waals surface area contributed by atoms with E-state index in [9.17, 15) is 8.42 Å². The van der Waals surface area contributed by atoms with Crippen LogP contribution in [0.5, 0.6) is 5.75 Å². The number of benzene rings is 1. The molecule has 18 heavy (non-hydrogen) atoms. The number of ether oxygens (including phenoxy) is 1. The molecule has 0 radical (unpaired) electrons. The Balaban J connectivity index is 2.67. The van der Waals surface area contributed by atoms with Crippen molar-refractivity contribution in [2.24, 2.45) is 0 Å². The van der Waals surface area contributed by atoms with E-state index in [0.717, 1.165) is 4.90 Å². The van der Waals surface area contributed by atoms with Crippen molar-refractivity contribution < 1.29 is 13.2 Å². The van der Waals surface area contributed by atoms with Crippen LogP contribution in [0.4, 0.5) is 5.69 Å². The van der Waals surface area contributed by atoms with Crippen LogP contribution in [-0.4, -0.2) is 32.3 Å². The first-order chi connectivity index (χ1) is 8.28. The summed E-state index contributed by atoms with van der Waals surface area (Å²) in [5.74, 6) is 1.35. The smallest absolute Gasteiger partial charge is 0.148 e. The van der Waals surface area contributed by atoms with Gasteiger partial charge < -0.3 is 10.5 Å².